The van der Waals surface area contributed by atoms with Crippen LogP contribution in [0.15, 0.2) is 57.5 Å². The van der Waals surface area contributed by atoms with Crippen LogP contribution in [0, 0.1) is 5.41 Å². The molecule has 4 aliphatic rings. The number of benzene rings is 1. The summed E-state index contributed by atoms with van der Waals surface area (Å²) in [5.74, 6) is -1.31. The molecule has 0 bridgehead atoms. The molecule has 1 saturated heterocycles. The topological polar surface area (TPSA) is 155 Å². The van der Waals surface area contributed by atoms with E-state index in [0.717, 1.165) is 73.9 Å². The zero-order chi connectivity index (χ0) is 50.4. The van der Waals surface area contributed by atoms with Crippen molar-refractivity contribution in [2.45, 2.75) is 191 Å². The lowest BCUT2D eigenvalue weighted by atomic mass is 9.73. The molecule has 13 heteroatoms. The summed E-state index contributed by atoms with van der Waals surface area (Å²) in [6.07, 6.45) is 11.1. The molecule has 0 saturated carbocycles. The molecule has 13 nitrogen and oxygen atoms in total. The van der Waals surface area contributed by atoms with Gasteiger partial charge in [0.25, 0.3) is 0 Å². The van der Waals surface area contributed by atoms with Gasteiger partial charge in [0.2, 0.25) is 23.5 Å². The van der Waals surface area contributed by atoms with Gasteiger partial charge in [0.05, 0.1) is 29.1 Å². The summed E-state index contributed by atoms with van der Waals surface area (Å²) in [5, 5.41) is 18.1. The largest absolute Gasteiger partial charge is 0.506 e. The zero-order valence-electron chi connectivity index (χ0n) is 43.9. The maximum atomic E-state index is 14.9. The first kappa shape index (κ1) is 53.8. The Bertz CT molecular complexity index is 2250. The first-order valence-corrected chi connectivity index (χ1v) is 25.7. The number of urea groups is 1. The highest BCUT2D eigenvalue weighted by atomic mass is 16.3. The molecule has 1 fully saturated rings. The van der Waals surface area contributed by atoms with Crippen molar-refractivity contribution in [2.24, 2.45) is 10.4 Å². The predicted molar refractivity (Wildman–Crippen MR) is 276 cm³/mol. The number of Topliss-reactive ketones (excluding diaryl/α,β-unsaturated/α-hetero) is 1. The summed E-state index contributed by atoms with van der Waals surface area (Å²) in [5.41, 5.74) is 4.40. The molecule has 5 rings (SSSR count). The number of rotatable bonds is 21. The fourth-order valence-corrected chi connectivity index (χ4v) is 10.3. The van der Waals surface area contributed by atoms with E-state index in [2.05, 4.69) is 122 Å². The van der Waals surface area contributed by atoms with Crippen LogP contribution >= 0.6 is 0 Å². The van der Waals surface area contributed by atoms with Crippen LogP contribution < -0.4 is 15.5 Å². The standard InChI is InChI=1S/C55H83N7O6/c1-15-19-25-59(26-20-16-2)47(64)24-23-46(63)57-42-31-44-40(54(11,12)36(9)61(44)34(5)6)29-38(42)49-51(66)50(52(49)67)39-30-41-45(62(35(7)8)37(10)55(41,13)14)32-43(39)58-53(68)56-33-48(65)60(27-21-17-3)28-22-18-4/h29-32,34-37,66H,15-28,33H2,1-14H3,(H,56,68)(H,57,63). The molecule has 374 valence electrons. The molecular weight excluding hydrogens is 855 g/mol. The number of aliphatic hydroxyl groups excluding tert-OH is 1. The van der Waals surface area contributed by atoms with Gasteiger partial charge in [0.1, 0.15) is 5.76 Å². The van der Waals surface area contributed by atoms with Crippen molar-refractivity contribution in [3.8, 4) is 0 Å². The van der Waals surface area contributed by atoms with Gasteiger partial charge < -0.3 is 35.3 Å². The van der Waals surface area contributed by atoms with E-state index in [1.807, 2.05) is 29.2 Å². The number of carbonyl (C=O) groups excluding carboxylic acids is 5. The number of allylic oxidation sites excluding steroid dienone is 6. The van der Waals surface area contributed by atoms with Gasteiger partial charge >= 0.3 is 6.03 Å². The van der Waals surface area contributed by atoms with E-state index in [1.54, 1.807) is 4.90 Å². The third-order valence-corrected chi connectivity index (χ3v) is 15.0. The molecule has 0 aromatic heterocycles. The van der Waals surface area contributed by atoms with Crippen LogP contribution in [-0.2, 0) is 24.6 Å². The summed E-state index contributed by atoms with van der Waals surface area (Å²) in [7, 11) is 0. The molecule has 2 atom stereocenters. The lowest BCUT2D eigenvalue weighted by Gasteiger charge is -2.34. The van der Waals surface area contributed by atoms with Gasteiger partial charge in [0, 0.05) is 96.5 Å². The van der Waals surface area contributed by atoms with E-state index >= 15 is 0 Å². The number of aliphatic imine (C=N–C) groups is 1. The Morgan fingerprint density at radius 1 is 0.735 bits per heavy atom. The van der Waals surface area contributed by atoms with Gasteiger partial charge in [-0.15, -0.1) is 0 Å². The third-order valence-electron chi connectivity index (χ3n) is 15.0. The second-order valence-corrected chi connectivity index (χ2v) is 21.0. The summed E-state index contributed by atoms with van der Waals surface area (Å²) in [6.45, 7) is 32.1. The van der Waals surface area contributed by atoms with Crippen LogP contribution in [0.3, 0.4) is 0 Å². The molecule has 0 spiro atoms. The Hall–Kier alpha value is -5.20. The van der Waals surface area contributed by atoms with Gasteiger partial charge in [-0.05, 0) is 103 Å². The number of fused-ring (bicyclic) bond motifs is 2. The summed E-state index contributed by atoms with van der Waals surface area (Å²) in [6, 6.07) is 3.49. The van der Waals surface area contributed by atoms with Gasteiger partial charge in [-0.2, -0.15) is 4.99 Å². The fraction of sp³-hybridized carbons (Fsp3) is 0.636. The first-order chi connectivity index (χ1) is 32.1. The molecule has 0 radical (unpaired) electrons. The summed E-state index contributed by atoms with van der Waals surface area (Å²) >= 11 is 0. The second-order valence-electron chi connectivity index (χ2n) is 21.0. The van der Waals surface area contributed by atoms with Crippen molar-refractivity contribution in [1.29, 1.82) is 0 Å². The molecule has 3 N–H and O–H groups in total. The van der Waals surface area contributed by atoms with Gasteiger partial charge in [-0.25, -0.2) is 4.79 Å². The number of ketones is 1. The number of nitrogens with one attached hydrogen (secondary N) is 2. The minimum atomic E-state index is -0.727. The monoisotopic (exact) mass is 938 g/mol. The fourth-order valence-electron chi connectivity index (χ4n) is 10.3. The molecule has 68 heavy (non-hydrogen) atoms. The van der Waals surface area contributed by atoms with Crippen LogP contribution in [0.5, 0.6) is 0 Å². The highest BCUT2D eigenvalue weighted by Gasteiger charge is 2.49. The van der Waals surface area contributed by atoms with E-state index in [0.29, 0.717) is 43.0 Å². The number of aliphatic hydroxyl groups is 1. The predicted octanol–water partition coefficient (Wildman–Crippen LogP) is 10.4. The molecule has 2 heterocycles. The van der Waals surface area contributed by atoms with E-state index < -0.39 is 11.8 Å². The number of nitrogens with zero attached hydrogens (tertiary/aromatic N) is 5. The third kappa shape index (κ3) is 11.0. The number of hydrogen-bond donors (Lipinski definition) is 3. The zero-order valence-corrected chi connectivity index (χ0v) is 43.9. The maximum absolute atomic E-state index is 14.9. The highest BCUT2D eigenvalue weighted by molar-refractivity contribution is 6.42. The number of hydrogen-bond acceptors (Lipinski definition) is 8. The quantitative estimate of drug-likeness (QED) is 0.103. The molecular formula is C55H83N7O6. The van der Waals surface area contributed by atoms with E-state index in [1.165, 1.54) is 0 Å². The molecule has 1 aromatic rings. The van der Waals surface area contributed by atoms with Crippen molar-refractivity contribution in [3.05, 3.63) is 63.6 Å². The number of amides is 5. The van der Waals surface area contributed by atoms with Crippen LogP contribution in [0.1, 0.15) is 172 Å². The maximum Gasteiger partial charge on any atom is 0.341 e. The lowest BCUT2D eigenvalue weighted by Crippen LogP contribution is -2.42. The number of likely N-dealkylation sites (tertiary alicyclic amines) is 1. The summed E-state index contributed by atoms with van der Waals surface area (Å²) < 4.78 is 0. The number of anilines is 2. The molecule has 2 aliphatic heterocycles. The second kappa shape index (κ2) is 22.5. The van der Waals surface area contributed by atoms with E-state index in [-0.39, 0.29) is 94.7 Å². The Balaban J connectivity index is 1.61. The van der Waals surface area contributed by atoms with Crippen LogP contribution in [0.25, 0.3) is 5.57 Å². The van der Waals surface area contributed by atoms with Crippen LogP contribution in [0.2, 0.25) is 0 Å². The Morgan fingerprint density at radius 2 is 1.26 bits per heavy atom. The molecule has 2 unspecified atom stereocenters. The average molecular weight is 938 g/mol. The molecule has 2 aliphatic carbocycles. The highest BCUT2D eigenvalue weighted by Crippen LogP contribution is 2.53. The Kier molecular flexibility index (Phi) is 17.8. The van der Waals surface area contributed by atoms with Crippen molar-refractivity contribution in [3.63, 3.8) is 0 Å². The minimum Gasteiger partial charge on any atom is -0.506 e. The average Bonchev–Trinajstić information content (AvgIpc) is 3.60. The minimum absolute atomic E-state index is 0.0289. The number of carbonyl (C=O) groups is 5. The van der Waals surface area contributed by atoms with Crippen molar-refractivity contribution >= 4 is 52.2 Å². The Labute approximate surface area is 407 Å². The first-order valence-electron chi connectivity index (χ1n) is 25.7. The van der Waals surface area contributed by atoms with Gasteiger partial charge in [0.15, 0.2) is 0 Å². The normalized spacial score (nSPS) is 20.9. The van der Waals surface area contributed by atoms with Gasteiger partial charge in [-0.1, -0.05) is 81.1 Å². The van der Waals surface area contributed by atoms with Crippen LogP contribution in [-0.4, -0.2) is 112 Å². The Morgan fingerprint density at radius 3 is 1.78 bits per heavy atom. The molecule has 5 amide bonds. The van der Waals surface area contributed by atoms with Crippen molar-refractivity contribution in [2.75, 3.05) is 42.9 Å². The summed E-state index contributed by atoms with van der Waals surface area (Å²) in [4.78, 5) is 82.1. The number of unbranched alkanes of at least 4 members (excludes halogenated alkanes) is 4. The smallest absolute Gasteiger partial charge is 0.341 e. The SMILES string of the molecule is CCCCN(CCCC)C(=O)CCC(=O)Nc1cc2c(cc1C1=C(O)C(=C3C=C4C(=CC3=NC(=O)NCC(=O)N(CCCC)CCCC)N(C(C)C)C(C)C4(C)C)C1=O)C(C)(C)C(C)N2C(C)C. The van der Waals surface area contributed by atoms with Gasteiger partial charge in [-0.3, -0.25) is 19.2 Å². The van der Waals surface area contributed by atoms with Crippen molar-refractivity contribution in [1.82, 2.24) is 20.0 Å². The lowest BCUT2D eigenvalue weighted by molar-refractivity contribution is -0.133. The van der Waals surface area contributed by atoms with Crippen LogP contribution in [0.4, 0.5) is 16.2 Å². The molecule has 1 aromatic carbocycles. The van der Waals surface area contributed by atoms with E-state index in [9.17, 15) is 29.1 Å². The van der Waals surface area contributed by atoms with E-state index in [4.69, 9.17) is 0 Å². The van der Waals surface area contributed by atoms with Crippen molar-refractivity contribution < 1.29 is 29.1 Å².